The second kappa shape index (κ2) is 7.40. The number of aliphatic hydroxyl groups excluding tert-OH is 2. The molecule has 1 aromatic rings. The molecule has 0 aromatic heterocycles. The molecule has 0 aliphatic rings. The Kier molecular flexibility index (Phi) is 6.15. The minimum Gasteiger partial charge on any atom is -0.395 e. The van der Waals surface area contributed by atoms with Crippen molar-refractivity contribution in [1.29, 1.82) is 0 Å². The Bertz CT molecular complexity index is 310. The summed E-state index contributed by atoms with van der Waals surface area (Å²) in [7, 11) is 3.66. The van der Waals surface area contributed by atoms with Crippen LogP contribution in [-0.2, 0) is 6.42 Å². The molecule has 0 amide bonds. The number of rotatable bonds is 7. The van der Waals surface area contributed by atoms with Crippen molar-refractivity contribution in [2.75, 3.05) is 27.2 Å². The summed E-state index contributed by atoms with van der Waals surface area (Å²) < 4.78 is 0. The van der Waals surface area contributed by atoms with Gasteiger partial charge < -0.3 is 20.8 Å². The van der Waals surface area contributed by atoms with Crippen molar-refractivity contribution in [3.63, 3.8) is 0 Å². The van der Waals surface area contributed by atoms with Crippen LogP contribution in [0.5, 0.6) is 0 Å². The van der Waals surface area contributed by atoms with Gasteiger partial charge in [-0.2, -0.15) is 0 Å². The van der Waals surface area contributed by atoms with E-state index in [1.165, 1.54) is 0 Å². The molecule has 0 bridgehead atoms. The Balaban J connectivity index is 2.61. The molecule has 0 spiro atoms. The molecule has 0 aliphatic heterocycles. The van der Waals surface area contributed by atoms with Crippen LogP contribution in [0.15, 0.2) is 24.3 Å². The maximum atomic E-state index is 9.77. The van der Waals surface area contributed by atoms with E-state index in [2.05, 4.69) is 10.6 Å². The molecule has 2 atom stereocenters. The molecule has 1 rings (SSSR count). The van der Waals surface area contributed by atoms with Crippen molar-refractivity contribution in [3.05, 3.63) is 35.4 Å². The Labute approximate surface area is 103 Å². The molecule has 0 heterocycles. The van der Waals surface area contributed by atoms with E-state index in [0.717, 1.165) is 17.5 Å². The topological polar surface area (TPSA) is 64.5 Å². The van der Waals surface area contributed by atoms with Crippen LogP contribution in [0.3, 0.4) is 0 Å². The van der Waals surface area contributed by atoms with E-state index in [1.807, 2.05) is 38.4 Å². The molecule has 17 heavy (non-hydrogen) atoms. The largest absolute Gasteiger partial charge is 0.395 e. The fourth-order valence-electron chi connectivity index (χ4n) is 1.73. The summed E-state index contributed by atoms with van der Waals surface area (Å²) in [5.74, 6) is 0. The van der Waals surface area contributed by atoms with E-state index in [9.17, 15) is 5.11 Å². The van der Waals surface area contributed by atoms with Gasteiger partial charge in [0.15, 0.2) is 0 Å². The quantitative estimate of drug-likeness (QED) is 0.542. The number of likely N-dealkylation sites (N-methyl/N-ethyl adjacent to an activating group) is 2. The molecule has 4 heteroatoms. The molecule has 0 aliphatic carbocycles. The van der Waals surface area contributed by atoms with Crippen molar-refractivity contribution in [1.82, 2.24) is 10.6 Å². The van der Waals surface area contributed by atoms with Crippen molar-refractivity contribution >= 4 is 0 Å². The minimum atomic E-state index is -0.466. The first-order valence-corrected chi connectivity index (χ1v) is 5.90. The highest BCUT2D eigenvalue weighted by atomic mass is 16.3. The van der Waals surface area contributed by atoms with Gasteiger partial charge in [0.25, 0.3) is 0 Å². The van der Waals surface area contributed by atoms with Crippen LogP contribution in [0.25, 0.3) is 0 Å². The van der Waals surface area contributed by atoms with Gasteiger partial charge in [-0.05, 0) is 31.6 Å². The van der Waals surface area contributed by atoms with E-state index >= 15 is 0 Å². The van der Waals surface area contributed by atoms with Gasteiger partial charge in [0.1, 0.15) is 0 Å². The standard InChI is InChI=1S/C13H22N2O2/c1-14-8-13(17)11-5-3-10(4-6-11)7-12(9-16)15-2/h3-6,12-17H,7-9H2,1-2H3. The molecular weight excluding hydrogens is 216 g/mol. The van der Waals surface area contributed by atoms with Crippen LogP contribution >= 0.6 is 0 Å². The van der Waals surface area contributed by atoms with Crippen LogP contribution in [0.4, 0.5) is 0 Å². The van der Waals surface area contributed by atoms with Gasteiger partial charge in [0.2, 0.25) is 0 Å². The van der Waals surface area contributed by atoms with E-state index < -0.39 is 6.10 Å². The number of benzene rings is 1. The zero-order valence-corrected chi connectivity index (χ0v) is 10.5. The van der Waals surface area contributed by atoms with Gasteiger partial charge in [-0.15, -0.1) is 0 Å². The molecule has 0 fully saturated rings. The van der Waals surface area contributed by atoms with Crippen LogP contribution < -0.4 is 10.6 Å². The lowest BCUT2D eigenvalue weighted by molar-refractivity contribution is 0.178. The lowest BCUT2D eigenvalue weighted by atomic mass is 10.0. The first-order chi connectivity index (χ1) is 8.21. The molecule has 1 aromatic carbocycles. The molecular formula is C13H22N2O2. The first kappa shape index (κ1) is 14.1. The monoisotopic (exact) mass is 238 g/mol. The van der Waals surface area contributed by atoms with Crippen molar-refractivity contribution in [2.24, 2.45) is 0 Å². The fraction of sp³-hybridized carbons (Fsp3) is 0.538. The first-order valence-electron chi connectivity index (χ1n) is 5.90. The maximum Gasteiger partial charge on any atom is 0.0914 e. The van der Waals surface area contributed by atoms with Gasteiger partial charge in [0, 0.05) is 12.6 Å². The van der Waals surface area contributed by atoms with Gasteiger partial charge in [-0.25, -0.2) is 0 Å². The summed E-state index contributed by atoms with van der Waals surface area (Å²) in [4.78, 5) is 0. The number of aliphatic hydroxyl groups is 2. The third-order valence-corrected chi connectivity index (χ3v) is 2.87. The lowest BCUT2D eigenvalue weighted by Gasteiger charge is -2.14. The predicted octanol–water partition coefficient (Wildman–Crippen LogP) is 0.0622. The fourth-order valence-corrected chi connectivity index (χ4v) is 1.73. The van der Waals surface area contributed by atoms with E-state index in [4.69, 9.17) is 5.11 Å². The van der Waals surface area contributed by atoms with E-state index in [0.29, 0.717) is 6.54 Å². The SMILES string of the molecule is CNCC(O)c1ccc(CC(CO)NC)cc1. The summed E-state index contributed by atoms with van der Waals surface area (Å²) in [6.07, 6.45) is 0.321. The summed E-state index contributed by atoms with van der Waals surface area (Å²) in [5.41, 5.74) is 2.06. The smallest absolute Gasteiger partial charge is 0.0914 e. The number of hydrogen-bond donors (Lipinski definition) is 4. The third-order valence-electron chi connectivity index (χ3n) is 2.87. The van der Waals surface area contributed by atoms with Crippen LogP contribution in [0.2, 0.25) is 0 Å². The van der Waals surface area contributed by atoms with Crippen molar-refractivity contribution in [2.45, 2.75) is 18.6 Å². The molecule has 0 saturated carbocycles. The lowest BCUT2D eigenvalue weighted by Crippen LogP contribution is -2.31. The average Bonchev–Trinajstić information content (AvgIpc) is 2.37. The van der Waals surface area contributed by atoms with Crippen molar-refractivity contribution in [3.8, 4) is 0 Å². The zero-order valence-electron chi connectivity index (χ0n) is 10.5. The highest BCUT2D eigenvalue weighted by Gasteiger charge is 2.08. The number of nitrogens with one attached hydrogen (secondary N) is 2. The highest BCUT2D eigenvalue weighted by Crippen LogP contribution is 2.13. The van der Waals surface area contributed by atoms with Gasteiger partial charge in [-0.1, -0.05) is 24.3 Å². The van der Waals surface area contributed by atoms with Crippen LogP contribution in [-0.4, -0.2) is 43.5 Å². The molecule has 4 nitrogen and oxygen atoms in total. The van der Waals surface area contributed by atoms with Crippen LogP contribution in [0, 0.1) is 0 Å². The number of hydrogen-bond acceptors (Lipinski definition) is 4. The Morgan fingerprint density at radius 2 is 1.82 bits per heavy atom. The van der Waals surface area contributed by atoms with Gasteiger partial charge >= 0.3 is 0 Å². The van der Waals surface area contributed by atoms with Crippen LogP contribution in [0.1, 0.15) is 17.2 Å². The third kappa shape index (κ3) is 4.44. The average molecular weight is 238 g/mol. The normalized spacial score (nSPS) is 14.6. The molecule has 0 radical (unpaired) electrons. The summed E-state index contributed by atoms with van der Waals surface area (Å²) in [6.45, 7) is 0.676. The van der Waals surface area contributed by atoms with Crippen molar-refractivity contribution < 1.29 is 10.2 Å². The van der Waals surface area contributed by atoms with E-state index in [1.54, 1.807) is 0 Å². The summed E-state index contributed by atoms with van der Waals surface area (Å²) >= 11 is 0. The van der Waals surface area contributed by atoms with E-state index in [-0.39, 0.29) is 12.6 Å². The minimum absolute atomic E-state index is 0.0862. The molecule has 2 unspecified atom stereocenters. The highest BCUT2D eigenvalue weighted by molar-refractivity contribution is 5.25. The maximum absolute atomic E-state index is 9.77. The predicted molar refractivity (Wildman–Crippen MR) is 69.0 cm³/mol. The Morgan fingerprint density at radius 1 is 1.18 bits per heavy atom. The van der Waals surface area contributed by atoms with Gasteiger partial charge in [0.05, 0.1) is 12.7 Å². The molecule has 0 saturated heterocycles. The summed E-state index contributed by atoms with van der Waals surface area (Å²) in [6, 6.07) is 7.94. The Hall–Kier alpha value is -0.940. The summed E-state index contributed by atoms with van der Waals surface area (Å²) in [5, 5.41) is 24.8. The van der Waals surface area contributed by atoms with Gasteiger partial charge in [-0.3, -0.25) is 0 Å². The second-order valence-corrected chi connectivity index (χ2v) is 4.19. The second-order valence-electron chi connectivity index (χ2n) is 4.19. The zero-order chi connectivity index (χ0) is 12.7. The molecule has 4 N–H and O–H groups in total. The molecule has 96 valence electrons. The Morgan fingerprint density at radius 3 is 2.29 bits per heavy atom.